The van der Waals surface area contributed by atoms with E-state index in [1.54, 1.807) is 0 Å². The van der Waals surface area contributed by atoms with Gasteiger partial charge in [-0.15, -0.1) is 0 Å². The van der Waals surface area contributed by atoms with Crippen LogP contribution in [0.25, 0.3) is 0 Å². The lowest BCUT2D eigenvalue weighted by molar-refractivity contribution is -0.112. The van der Waals surface area contributed by atoms with Crippen molar-refractivity contribution >= 4 is 11.5 Å². The van der Waals surface area contributed by atoms with Crippen LogP contribution in [-0.2, 0) is 11.2 Å². The van der Waals surface area contributed by atoms with Crippen molar-refractivity contribution in [1.29, 1.82) is 5.41 Å². The van der Waals surface area contributed by atoms with Gasteiger partial charge in [0.2, 0.25) is 0 Å². The fourth-order valence-electron chi connectivity index (χ4n) is 2.84. The lowest BCUT2D eigenvalue weighted by Crippen LogP contribution is -2.27. The molecule has 0 aliphatic heterocycles. The summed E-state index contributed by atoms with van der Waals surface area (Å²) in [7, 11) is 5.66. The molecule has 0 bridgehead atoms. The summed E-state index contributed by atoms with van der Waals surface area (Å²) >= 11 is 0. The molecule has 4 heteroatoms. The van der Waals surface area contributed by atoms with E-state index in [-0.39, 0.29) is 5.78 Å². The summed E-state index contributed by atoms with van der Waals surface area (Å²) in [5.41, 5.74) is 3.90. The SMILES string of the molecule is CN/C(CCc1ccccc1)=C1\C(=N)CC/C(=C\N(C)C)C1=O. The number of benzene rings is 1. The molecule has 122 valence electrons. The minimum atomic E-state index is -0.00707. The van der Waals surface area contributed by atoms with Gasteiger partial charge in [-0.25, -0.2) is 0 Å². The minimum absolute atomic E-state index is 0.00707. The topological polar surface area (TPSA) is 56.2 Å². The van der Waals surface area contributed by atoms with E-state index in [0.717, 1.165) is 24.1 Å². The average Bonchev–Trinajstić information content (AvgIpc) is 2.54. The van der Waals surface area contributed by atoms with Crippen molar-refractivity contribution < 1.29 is 4.79 Å². The number of ketones is 1. The molecule has 0 radical (unpaired) electrons. The van der Waals surface area contributed by atoms with Gasteiger partial charge in [0.15, 0.2) is 5.78 Å². The lowest BCUT2D eigenvalue weighted by Gasteiger charge is -2.22. The van der Waals surface area contributed by atoms with Gasteiger partial charge in [-0.2, -0.15) is 0 Å². The second-order valence-electron chi connectivity index (χ2n) is 6.01. The summed E-state index contributed by atoms with van der Waals surface area (Å²) in [6, 6.07) is 10.2. The highest BCUT2D eigenvalue weighted by atomic mass is 16.1. The molecule has 0 atom stereocenters. The van der Waals surface area contributed by atoms with Crippen LogP contribution in [0.15, 0.2) is 53.4 Å². The van der Waals surface area contributed by atoms with Gasteiger partial charge in [-0.3, -0.25) is 4.79 Å². The Bertz CT molecular complexity index is 642. The first-order valence-corrected chi connectivity index (χ1v) is 7.97. The number of aryl methyl sites for hydroxylation is 1. The molecule has 1 saturated carbocycles. The predicted octanol–water partition coefficient (Wildman–Crippen LogP) is 2.92. The fourth-order valence-corrected chi connectivity index (χ4v) is 2.84. The van der Waals surface area contributed by atoms with Crippen LogP contribution in [0.1, 0.15) is 24.8 Å². The van der Waals surface area contributed by atoms with Crippen molar-refractivity contribution in [3.05, 3.63) is 58.9 Å². The van der Waals surface area contributed by atoms with Crippen molar-refractivity contribution in [1.82, 2.24) is 10.2 Å². The third-order valence-electron chi connectivity index (χ3n) is 3.99. The maximum atomic E-state index is 12.7. The Morgan fingerprint density at radius 1 is 1.26 bits per heavy atom. The van der Waals surface area contributed by atoms with Crippen LogP contribution in [0.5, 0.6) is 0 Å². The summed E-state index contributed by atoms with van der Waals surface area (Å²) in [6.45, 7) is 0. The highest BCUT2D eigenvalue weighted by Crippen LogP contribution is 2.25. The first-order chi connectivity index (χ1) is 11.0. The van der Waals surface area contributed by atoms with Gasteiger partial charge >= 0.3 is 0 Å². The average molecular weight is 311 g/mol. The molecule has 23 heavy (non-hydrogen) atoms. The van der Waals surface area contributed by atoms with Crippen molar-refractivity contribution in [2.24, 2.45) is 0 Å². The first-order valence-electron chi connectivity index (χ1n) is 7.97. The van der Waals surface area contributed by atoms with Gasteiger partial charge in [-0.05, 0) is 31.2 Å². The molecule has 1 aliphatic rings. The summed E-state index contributed by atoms with van der Waals surface area (Å²) in [6.07, 6.45) is 4.73. The monoisotopic (exact) mass is 311 g/mol. The summed E-state index contributed by atoms with van der Waals surface area (Å²) in [4.78, 5) is 14.6. The van der Waals surface area contributed by atoms with Crippen LogP contribution in [-0.4, -0.2) is 37.5 Å². The van der Waals surface area contributed by atoms with Crippen LogP contribution in [0.2, 0.25) is 0 Å². The van der Waals surface area contributed by atoms with E-state index in [2.05, 4.69) is 17.4 Å². The van der Waals surface area contributed by atoms with Crippen molar-refractivity contribution in [2.75, 3.05) is 21.1 Å². The molecule has 0 aromatic heterocycles. The summed E-state index contributed by atoms with van der Waals surface area (Å²) in [5.74, 6) is -0.00707. The number of nitrogens with one attached hydrogen (secondary N) is 2. The number of rotatable bonds is 5. The van der Waals surface area contributed by atoms with Crippen molar-refractivity contribution in [3.8, 4) is 0 Å². The zero-order valence-corrected chi connectivity index (χ0v) is 14.1. The Balaban J connectivity index is 2.25. The maximum absolute atomic E-state index is 12.7. The quantitative estimate of drug-likeness (QED) is 0.822. The highest BCUT2D eigenvalue weighted by molar-refractivity contribution is 6.29. The highest BCUT2D eigenvalue weighted by Gasteiger charge is 2.27. The Hall–Kier alpha value is -2.36. The molecule has 0 heterocycles. The van der Waals surface area contributed by atoms with Crippen LogP contribution in [0, 0.1) is 5.41 Å². The molecule has 0 spiro atoms. The van der Waals surface area contributed by atoms with Gasteiger partial charge in [0.25, 0.3) is 0 Å². The molecule has 2 N–H and O–H groups in total. The molecular weight excluding hydrogens is 286 g/mol. The van der Waals surface area contributed by atoms with E-state index in [1.807, 2.05) is 50.4 Å². The second-order valence-corrected chi connectivity index (χ2v) is 6.01. The van der Waals surface area contributed by atoms with E-state index < -0.39 is 0 Å². The van der Waals surface area contributed by atoms with E-state index in [0.29, 0.717) is 24.1 Å². The van der Waals surface area contributed by atoms with E-state index in [4.69, 9.17) is 5.41 Å². The van der Waals surface area contributed by atoms with E-state index in [9.17, 15) is 4.79 Å². The molecule has 1 aromatic carbocycles. The van der Waals surface area contributed by atoms with Gasteiger partial charge in [0.05, 0.1) is 5.57 Å². The maximum Gasteiger partial charge on any atom is 0.194 e. The Kier molecular flexibility index (Phi) is 5.74. The molecule has 1 fully saturated rings. The van der Waals surface area contributed by atoms with E-state index >= 15 is 0 Å². The molecule has 1 aliphatic carbocycles. The number of Topliss-reactive ketones (excluding diaryl/α,β-unsaturated/α-hetero) is 1. The smallest absolute Gasteiger partial charge is 0.194 e. The predicted molar refractivity (Wildman–Crippen MR) is 94.6 cm³/mol. The second kappa shape index (κ2) is 7.77. The number of allylic oxidation sites excluding steroid dienone is 3. The number of carbonyl (C=O) groups is 1. The lowest BCUT2D eigenvalue weighted by atomic mass is 9.85. The van der Waals surface area contributed by atoms with Gasteiger partial charge in [0, 0.05) is 44.3 Å². The molecule has 0 saturated heterocycles. The van der Waals surface area contributed by atoms with Gasteiger partial charge in [-0.1, -0.05) is 30.3 Å². The summed E-state index contributed by atoms with van der Waals surface area (Å²) < 4.78 is 0. The summed E-state index contributed by atoms with van der Waals surface area (Å²) in [5, 5.41) is 11.4. The van der Waals surface area contributed by atoms with Crippen molar-refractivity contribution in [3.63, 3.8) is 0 Å². The molecule has 4 nitrogen and oxygen atoms in total. The van der Waals surface area contributed by atoms with Gasteiger partial charge in [0.1, 0.15) is 0 Å². The van der Waals surface area contributed by atoms with Crippen LogP contribution in [0.3, 0.4) is 0 Å². The van der Waals surface area contributed by atoms with Crippen LogP contribution < -0.4 is 5.32 Å². The van der Waals surface area contributed by atoms with Crippen LogP contribution in [0.4, 0.5) is 0 Å². The Morgan fingerprint density at radius 2 is 1.96 bits per heavy atom. The Labute approximate surface area is 138 Å². The molecular formula is C19H25N3O. The van der Waals surface area contributed by atoms with Crippen LogP contribution >= 0.6 is 0 Å². The van der Waals surface area contributed by atoms with E-state index in [1.165, 1.54) is 5.56 Å². The third kappa shape index (κ3) is 4.31. The van der Waals surface area contributed by atoms with Crippen molar-refractivity contribution in [2.45, 2.75) is 25.7 Å². The fraction of sp³-hybridized carbons (Fsp3) is 0.368. The zero-order valence-electron chi connectivity index (χ0n) is 14.1. The number of hydrogen-bond donors (Lipinski definition) is 2. The molecule has 1 aromatic rings. The van der Waals surface area contributed by atoms with Gasteiger partial charge < -0.3 is 15.6 Å². The number of carbonyl (C=O) groups excluding carboxylic acids is 1. The standard InChI is InChI=1S/C19H25N3O/c1-21-17(12-9-14-7-5-4-6-8-14)18-16(20)11-10-15(19(18)23)13-22(2)3/h4-8,13,20-21H,9-12H2,1-3H3/b15-13+,18-17+,20-16?. The largest absolute Gasteiger partial charge is 0.391 e. The zero-order chi connectivity index (χ0) is 16.8. The third-order valence-corrected chi connectivity index (χ3v) is 3.99. The molecule has 0 unspecified atom stereocenters. The molecule has 2 rings (SSSR count). The minimum Gasteiger partial charge on any atom is -0.391 e. The normalized spacial score (nSPS) is 19.0. The number of hydrogen-bond acceptors (Lipinski definition) is 4. The Morgan fingerprint density at radius 3 is 2.57 bits per heavy atom. The molecule has 0 amide bonds. The first kappa shape index (κ1) is 17.0. The number of nitrogens with zero attached hydrogens (tertiary/aromatic N) is 1.